The van der Waals surface area contributed by atoms with Crippen molar-refractivity contribution in [2.45, 2.75) is 12.3 Å². The minimum atomic E-state index is -0.938. The van der Waals surface area contributed by atoms with Gasteiger partial charge in [0.2, 0.25) is 5.91 Å². The van der Waals surface area contributed by atoms with Gasteiger partial charge in [-0.3, -0.25) is 4.79 Å². The minimum absolute atomic E-state index is 0.114. The van der Waals surface area contributed by atoms with E-state index in [0.29, 0.717) is 18.1 Å². The lowest BCUT2D eigenvalue weighted by Gasteiger charge is -2.23. The zero-order valence-corrected chi connectivity index (χ0v) is 9.55. The first-order valence-corrected chi connectivity index (χ1v) is 6.01. The van der Waals surface area contributed by atoms with Gasteiger partial charge in [0, 0.05) is 24.0 Å². The number of amides is 1. The summed E-state index contributed by atoms with van der Waals surface area (Å²) in [5.41, 5.74) is 0. The molecule has 0 unspecified atom stereocenters. The molecule has 0 aromatic rings. The number of hydrogen-bond acceptors (Lipinski definition) is 4. The molecule has 0 spiro atoms. The van der Waals surface area contributed by atoms with Crippen LogP contribution in [0.2, 0.25) is 0 Å². The van der Waals surface area contributed by atoms with E-state index in [1.165, 1.54) is 16.7 Å². The molecule has 2 atom stereocenters. The van der Waals surface area contributed by atoms with Crippen molar-refractivity contribution >= 4 is 36.3 Å². The first kappa shape index (κ1) is 11.7. The number of carbonyl (C=O) groups excluding carboxylic acids is 1. The maximum absolute atomic E-state index is 11.7. The molecule has 1 rings (SSSR count). The van der Waals surface area contributed by atoms with E-state index < -0.39 is 11.3 Å². The molecule has 0 aliphatic carbocycles. The van der Waals surface area contributed by atoms with Crippen molar-refractivity contribution in [2.75, 3.05) is 18.1 Å². The van der Waals surface area contributed by atoms with Crippen molar-refractivity contribution in [1.29, 1.82) is 0 Å². The van der Waals surface area contributed by atoms with Gasteiger partial charge in [0.05, 0.1) is 0 Å². The summed E-state index contributed by atoms with van der Waals surface area (Å²) >= 11 is 5.32. The molecule has 0 saturated carbocycles. The molecular formula is C8H13NO3S2. The maximum Gasteiger partial charge on any atom is 0.337 e. The van der Waals surface area contributed by atoms with E-state index in [4.69, 9.17) is 5.11 Å². The Balaban J connectivity index is 2.67. The van der Waals surface area contributed by atoms with Crippen molar-refractivity contribution < 1.29 is 14.7 Å². The fraction of sp³-hybridized carbons (Fsp3) is 0.750. The molecule has 6 heteroatoms. The van der Waals surface area contributed by atoms with E-state index in [0.717, 1.165) is 0 Å². The summed E-state index contributed by atoms with van der Waals surface area (Å²) in [6, 6.07) is 0. The summed E-state index contributed by atoms with van der Waals surface area (Å²) in [6.45, 7) is 2.29. The highest BCUT2D eigenvalue weighted by Gasteiger charge is 2.35. The molecule has 1 N–H and O–H groups in total. The number of carbonyl (C=O) groups is 2. The summed E-state index contributed by atoms with van der Waals surface area (Å²) in [5.74, 6) is -0.113. The predicted molar refractivity (Wildman–Crippen MR) is 58.6 cm³/mol. The van der Waals surface area contributed by atoms with Gasteiger partial charge in [0.15, 0.2) is 5.37 Å². The van der Waals surface area contributed by atoms with Crippen LogP contribution in [0.5, 0.6) is 0 Å². The molecule has 0 radical (unpaired) electrons. The van der Waals surface area contributed by atoms with Crippen LogP contribution >= 0.6 is 24.4 Å². The molecule has 1 heterocycles. The van der Waals surface area contributed by atoms with Crippen molar-refractivity contribution in [3.8, 4) is 0 Å². The molecule has 0 aromatic heterocycles. The zero-order valence-electron chi connectivity index (χ0n) is 7.84. The summed E-state index contributed by atoms with van der Waals surface area (Å²) in [5, 5.41) is 8.15. The van der Waals surface area contributed by atoms with Gasteiger partial charge in [-0.1, -0.05) is 6.92 Å². The van der Waals surface area contributed by atoms with Crippen LogP contribution in [-0.2, 0) is 9.59 Å². The number of rotatable bonds is 3. The SMILES string of the molecule is C[C@H](CS)C(=O)N1CCS[C@H]1C(=O)O. The van der Waals surface area contributed by atoms with E-state index in [2.05, 4.69) is 12.6 Å². The van der Waals surface area contributed by atoms with Crippen LogP contribution < -0.4 is 0 Å². The monoisotopic (exact) mass is 235 g/mol. The highest BCUT2D eigenvalue weighted by atomic mass is 32.2. The van der Waals surface area contributed by atoms with Crippen molar-refractivity contribution in [3.05, 3.63) is 0 Å². The second kappa shape index (κ2) is 4.93. The fourth-order valence-electron chi connectivity index (χ4n) is 1.26. The van der Waals surface area contributed by atoms with Gasteiger partial charge in [0.1, 0.15) is 0 Å². The first-order valence-electron chi connectivity index (χ1n) is 4.33. The van der Waals surface area contributed by atoms with Gasteiger partial charge >= 0.3 is 5.97 Å². The van der Waals surface area contributed by atoms with Crippen molar-refractivity contribution in [1.82, 2.24) is 4.90 Å². The molecule has 1 aliphatic rings. The zero-order chi connectivity index (χ0) is 10.7. The number of thiol groups is 1. The van der Waals surface area contributed by atoms with Crippen LogP contribution in [0.3, 0.4) is 0 Å². The number of aliphatic carboxylic acids is 1. The van der Waals surface area contributed by atoms with Crippen LogP contribution in [-0.4, -0.2) is 45.3 Å². The fourth-order valence-corrected chi connectivity index (χ4v) is 2.47. The normalized spacial score (nSPS) is 23.6. The van der Waals surface area contributed by atoms with E-state index in [9.17, 15) is 9.59 Å². The number of carboxylic acid groups (broad SMARTS) is 1. The molecular weight excluding hydrogens is 222 g/mol. The topological polar surface area (TPSA) is 57.6 Å². The Hall–Kier alpha value is -0.360. The lowest BCUT2D eigenvalue weighted by molar-refractivity contribution is -0.146. The Kier molecular flexibility index (Phi) is 4.12. The highest BCUT2D eigenvalue weighted by molar-refractivity contribution is 8.00. The van der Waals surface area contributed by atoms with E-state index in [1.807, 2.05) is 0 Å². The Bertz CT molecular complexity index is 247. The first-order chi connectivity index (χ1) is 6.57. The van der Waals surface area contributed by atoms with Gasteiger partial charge in [-0.15, -0.1) is 11.8 Å². The molecule has 1 saturated heterocycles. The average Bonchev–Trinajstić information content (AvgIpc) is 2.63. The second-order valence-electron chi connectivity index (χ2n) is 3.18. The Labute approximate surface area is 92.4 Å². The number of nitrogens with zero attached hydrogens (tertiary/aromatic N) is 1. The van der Waals surface area contributed by atoms with Gasteiger partial charge < -0.3 is 10.0 Å². The number of carboxylic acids is 1. The van der Waals surface area contributed by atoms with Crippen LogP contribution in [0, 0.1) is 5.92 Å². The lowest BCUT2D eigenvalue weighted by atomic mass is 10.2. The van der Waals surface area contributed by atoms with E-state index in [-0.39, 0.29) is 11.8 Å². The van der Waals surface area contributed by atoms with E-state index >= 15 is 0 Å². The summed E-state index contributed by atoms with van der Waals surface area (Å²) in [6.07, 6.45) is 0. The maximum atomic E-state index is 11.7. The third kappa shape index (κ3) is 2.36. The third-order valence-corrected chi connectivity index (χ3v) is 3.82. The number of hydrogen-bond donors (Lipinski definition) is 2. The molecule has 1 aliphatic heterocycles. The van der Waals surface area contributed by atoms with Gasteiger partial charge in [0.25, 0.3) is 0 Å². The average molecular weight is 235 g/mol. The highest BCUT2D eigenvalue weighted by Crippen LogP contribution is 2.25. The molecule has 80 valence electrons. The summed E-state index contributed by atoms with van der Waals surface area (Å²) in [4.78, 5) is 23.9. The van der Waals surface area contributed by atoms with E-state index in [1.54, 1.807) is 6.92 Å². The van der Waals surface area contributed by atoms with Gasteiger partial charge in [-0.25, -0.2) is 4.79 Å². The predicted octanol–water partition coefficient (Wildman–Crippen LogP) is 0.538. The minimum Gasteiger partial charge on any atom is -0.479 e. The van der Waals surface area contributed by atoms with Crippen LogP contribution in [0.15, 0.2) is 0 Å². The standard InChI is InChI=1S/C8H13NO3S2/c1-5(4-13)6(10)9-2-3-14-7(9)8(11)12/h5,7,13H,2-4H2,1H3,(H,11,12)/t5-,7+/m1/s1. The molecule has 1 amide bonds. The Morgan fingerprint density at radius 1 is 1.71 bits per heavy atom. The van der Waals surface area contributed by atoms with Crippen molar-refractivity contribution in [2.24, 2.45) is 5.92 Å². The van der Waals surface area contributed by atoms with Crippen LogP contribution in [0.25, 0.3) is 0 Å². The molecule has 14 heavy (non-hydrogen) atoms. The second-order valence-corrected chi connectivity index (χ2v) is 4.73. The van der Waals surface area contributed by atoms with Gasteiger partial charge in [-0.05, 0) is 0 Å². The smallest absolute Gasteiger partial charge is 0.337 e. The molecule has 0 bridgehead atoms. The van der Waals surface area contributed by atoms with Crippen LogP contribution in [0.4, 0.5) is 0 Å². The lowest BCUT2D eigenvalue weighted by Crippen LogP contribution is -2.42. The largest absolute Gasteiger partial charge is 0.479 e. The summed E-state index contributed by atoms with van der Waals surface area (Å²) in [7, 11) is 0. The van der Waals surface area contributed by atoms with Crippen molar-refractivity contribution in [3.63, 3.8) is 0 Å². The quantitative estimate of drug-likeness (QED) is 0.701. The number of thioether (sulfide) groups is 1. The van der Waals surface area contributed by atoms with Crippen LogP contribution in [0.1, 0.15) is 6.92 Å². The molecule has 0 aromatic carbocycles. The van der Waals surface area contributed by atoms with Gasteiger partial charge in [-0.2, -0.15) is 12.6 Å². The third-order valence-electron chi connectivity index (χ3n) is 2.08. The Morgan fingerprint density at radius 3 is 2.86 bits per heavy atom. The Morgan fingerprint density at radius 2 is 2.36 bits per heavy atom. The summed E-state index contributed by atoms with van der Waals surface area (Å²) < 4.78 is 0. The molecule has 1 fully saturated rings. The molecule has 4 nitrogen and oxygen atoms in total.